The van der Waals surface area contributed by atoms with E-state index in [1.807, 2.05) is 36.4 Å². The average Bonchev–Trinajstić information content (AvgIpc) is 2.68. The van der Waals surface area contributed by atoms with Crippen molar-refractivity contribution in [3.05, 3.63) is 47.5 Å². The maximum atomic E-state index is 12.2. The zero-order chi connectivity index (χ0) is 20.1. The van der Waals surface area contributed by atoms with Crippen molar-refractivity contribution in [3.63, 3.8) is 0 Å². The molecule has 0 radical (unpaired) electrons. The van der Waals surface area contributed by atoms with E-state index in [1.54, 1.807) is 0 Å². The van der Waals surface area contributed by atoms with Gasteiger partial charge in [0.15, 0.2) is 0 Å². The molecule has 1 heterocycles. The summed E-state index contributed by atoms with van der Waals surface area (Å²) in [6, 6.07) is 13.7. The molecule has 1 saturated heterocycles. The number of carbonyl (C=O) groups excluding carboxylic acids is 1. The molecular formula is C21H23N3O4. The van der Waals surface area contributed by atoms with Crippen molar-refractivity contribution >= 4 is 28.4 Å². The molecule has 2 aromatic rings. The van der Waals surface area contributed by atoms with Gasteiger partial charge in [-0.05, 0) is 35.6 Å². The predicted octanol–water partition coefficient (Wildman–Crippen LogP) is 0.787. The molecule has 4 N–H and O–H groups in total. The first-order valence-corrected chi connectivity index (χ1v) is 9.18. The lowest BCUT2D eigenvalue weighted by atomic mass is 10.0. The van der Waals surface area contributed by atoms with Crippen LogP contribution in [0.15, 0.2) is 42.0 Å². The Hall–Kier alpha value is -2.92. The highest BCUT2D eigenvalue weighted by atomic mass is 16.4. The molecule has 0 bridgehead atoms. The Bertz CT molecular complexity index is 931. The van der Waals surface area contributed by atoms with Crippen molar-refractivity contribution in [2.75, 3.05) is 31.1 Å². The van der Waals surface area contributed by atoms with Gasteiger partial charge >= 0.3 is 0 Å². The Labute approximate surface area is 163 Å². The van der Waals surface area contributed by atoms with Crippen LogP contribution in [0.3, 0.4) is 0 Å². The van der Waals surface area contributed by atoms with Crippen LogP contribution in [-0.2, 0) is 4.79 Å². The number of amides is 1. The molecular weight excluding hydrogens is 358 g/mol. The van der Waals surface area contributed by atoms with Crippen LogP contribution < -0.4 is 10.2 Å². The lowest BCUT2D eigenvalue weighted by Gasteiger charge is -2.34. The Kier molecular flexibility index (Phi) is 6.26. The quantitative estimate of drug-likeness (QED) is 0.416. The molecule has 3 rings (SSSR count). The third-order valence-corrected chi connectivity index (χ3v) is 4.86. The zero-order valence-corrected chi connectivity index (χ0v) is 15.4. The van der Waals surface area contributed by atoms with Crippen molar-refractivity contribution in [2.45, 2.75) is 18.6 Å². The van der Waals surface area contributed by atoms with Crippen LogP contribution in [0.1, 0.15) is 12.0 Å². The molecule has 2 unspecified atom stereocenters. The minimum absolute atomic E-state index is 0.105. The second-order valence-corrected chi connectivity index (χ2v) is 6.80. The zero-order valence-electron chi connectivity index (χ0n) is 15.4. The summed E-state index contributed by atoms with van der Waals surface area (Å²) >= 11 is 0. The highest BCUT2D eigenvalue weighted by molar-refractivity contribution is 6.03. The van der Waals surface area contributed by atoms with Crippen LogP contribution in [-0.4, -0.2) is 59.7 Å². The summed E-state index contributed by atoms with van der Waals surface area (Å²) in [5.41, 5.74) is 1.76. The number of carbonyl (C=O) groups is 1. The van der Waals surface area contributed by atoms with Gasteiger partial charge in [0.2, 0.25) is 0 Å². The molecule has 1 aliphatic heterocycles. The number of aliphatic hydroxyl groups is 3. The van der Waals surface area contributed by atoms with Crippen LogP contribution in [0.25, 0.3) is 16.8 Å². The maximum Gasteiger partial charge on any atom is 0.262 e. The first kappa shape index (κ1) is 19.8. The smallest absolute Gasteiger partial charge is 0.262 e. The summed E-state index contributed by atoms with van der Waals surface area (Å²) in [4.78, 5) is 14.5. The molecule has 2 atom stereocenters. The molecule has 1 aliphatic rings. The summed E-state index contributed by atoms with van der Waals surface area (Å²) in [6.45, 7) is 1.16. The Morgan fingerprint density at radius 1 is 1.25 bits per heavy atom. The normalized spacial score (nSPS) is 16.2. The van der Waals surface area contributed by atoms with Crippen LogP contribution in [0.5, 0.6) is 0 Å². The predicted molar refractivity (Wildman–Crippen MR) is 106 cm³/mol. The first-order chi connectivity index (χ1) is 13.5. The molecule has 1 amide bonds. The van der Waals surface area contributed by atoms with Gasteiger partial charge in [0.25, 0.3) is 5.91 Å². The maximum absolute atomic E-state index is 12.2. The third-order valence-electron chi connectivity index (χ3n) is 4.86. The fraction of sp³-hybridized carbons (Fsp3) is 0.333. The minimum atomic E-state index is -1.35. The Balaban J connectivity index is 1.81. The third kappa shape index (κ3) is 4.31. The van der Waals surface area contributed by atoms with Gasteiger partial charge in [-0.15, -0.1) is 0 Å². The Morgan fingerprint density at radius 2 is 2.04 bits per heavy atom. The summed E-state index contributed by atoms with van der Waals surface area (Å²) in [6.07, 6.45) is 0.00565. The van der Waals surface area contributed by atoms with Crippen molar-refractivity contribution in [1.29, 1.82) is 5.26 Å². The van der Waals surface area contributed by atoms with Gasteiger partial charge in [-0.1, -0.05) is 24.3 Å². The van der Waals surface area contributed by atoms with Crippen molar-refractivity contribution in [3.8, 4) is 6.07 Å². The summed E-state index contributed by atoms with van der Waals surface area (Å²) in [5.74, 6) is -0.650. The molecule has 0 aromatic heterocycles. The fourth-order valence-corrected chi connectivity index (χ4v) is 3.06. The minimum Gasteiger partial charge on any atom is -0.394 e. The molecule has 0 spiro atoms. The van der Waals surface area contributed by atoms with E-state index in [2.05, 4.69) is 16.3 Å². The van der Waals surface area contributed by atoms with Gasteiger partial charge < -0.3 is 25.5 Å². The molecule has 7 heteroatoms. The van der Waals surface area contributed by atoms with Crippen LogP contribution in [0, 0.1) is 11.3 Å². The molecule has 1 fully saturated rings. The lowest BCUT2D eigenvalue weighted by molar-refractivity contribution is -0.118. The van der Waals surface area contributed by atoms with E-state index in [-0.39, 0.29) is 12.1 Å². The van der Waals surface area contributed by atoms with Crippen LogP contribution in [0.4, 0.5) is 5.69 Å². The number of fused-ring (bicyclic) bond motifs is 1. The molecule has 0 aliphatic carbocycles. The number of anilines is 1. The number of rotatable bonds is 7. The van der Waals surface area contributed by atoms with Gasteiger partial charge in [-0.2, -0.15) is 5.26 Å². The second-order valence-electron chi connectivity index (χ2n) is 6.80. The van der Waals surface area contributed by atoms with Gasteiger partial charge in [-0.3, -0.25) is 4.79 Å². The first-order valence-electron chi connectivity index (χ1n) is 9.18. The van der Waals surface area contributed by atoms with E-state index in [0.717, 1.165) is 35.1 Å². The van der Waals surface area contributed by atoms with E-state index >= 15 is 0 Å². The molecule has 146 valence electrons. The number of aliphatic hydroxyl groups excluding tert-OH is 3. The SMILES string of the molecule is N#C/C(=C\c1ccc2cccc(N3CCC3)c2c1)C(=O)NCC(O)C(O)CO. The summed E-state index contributed by atoms with van der Waals surface area (Å²) in [5, 5.41) is 41.6. The molecule has 28 heavy (non-hydrogen) atoms. The summed E-state index contributed by atoms with van der Waals surface area (Å²) in [7, 11) is 0. The molecule has 7 nitrogen and oxygen atoms in total. The molecule has 0 saturated carbocycles. The van der Waals surface area contributed by atoms with Crippen molar-refractivity contribution < 1.29 is 20.1 Å². The fourth-order valence-electron chi connectivity index (χ4n) is 3.06. The van der Waals surface area contributed by atoms with E-state index in [1.165, 1.54) is 12.5 Å². The van der Waals surface area contributed by atoms with E-state index in [4.69, 9.17) is 5.11 Å². The van der Waals surface area contributed by atoms with E-state index in [9.17, 15) is 20.3 Å². The van der Waals surface area contributed by atoms with Crippen molar-refractivity contribution in [2.24, 2.45) is 0 Å². The average molecular weight is 381 g/mol. The summed E-state index contributed by atoms with van der Waals surface area (Å²) < 4.78 is 0. The monoisotopic (exact) mass is 381 g/mol. The van der Waals surface area contributed by atoms with Gasteiger partial charge in [0.05, 0.1) is 12.7 Å². The number of benzene rings is 2. The number of nitrogens with zero attached hydrogens (tertiary/aromatic N) is 2. The van der Waals surface area contributed by atoms with Crippen LogP contribution in [0.2, 0.25) is 0 Å². The van der Waals surface area contributed by atoms with Gasteiger partial charge in [-0.25, -0.2) is 0 Å². The number of hydrogen-bond donors (Lipinski definition) is 4. The van der Waals surface area contributed by atoms with E-state index < -0.39 is 24.7 Å². The second kappa shape index (κ2) is 8.85. The number of hydrogen-bond acceptors (Lipinski definition) is 6. The number of nitrogens with one attached hydrogen (secondary N) is 1. The standard InChI is InChI=1S/C21H23N3O4/c22-11-16(21(28)23-12-19(26)20(27)13-25)9-14-5-6-15-3-1-4-18(17(15)10-14)24-7-2-8-24/h1,3-6,9-10,19-20,25-27H,2,7-8,12-13H2,(H,23,28)/b16-9+. The highest BCUT2D eigenvalue weighted by Crippen LogP contribution is 2.31. The van der Waals surface area contributed by atoms with Crippen LogP contribution >= 0.6 is 0 Å². The topological polar surface area (TPSA) is 117 Å². The Morgan fingerprint density at radius 3 is 2.68 bits per heavy atom. The molecule has 2 aromatic carbocycles. The largest absolute Gasteiger partial charge is 0.394 e. The lowest BCUT2D eigenvalue weighted by Crippen LogP contribution is -2.40. The van der Waals surface area contributed by atoms with Gasteiger partial charge in [0, 0.05) is 30.7 Å². The van der Waals surface area contributed by atoms with E-state index in [0.29, 0.717) is 0 Å². The van der Waals surface area contributed by atoms with Crippen molar-refractivity contribution in [1.82, 2.24) is 5.32 Å². The highest BCUT2D eigenvalue weighted by Gasteiger charge is 2.18. The number of nitriles is 1. The van der Waals surface area contributed by atoms with Gasteiger partial charge in [0.1, 0.15) is 17.7 Å².